The summed E-state index contributed by atoms with van der Waals surface area (Å²) >= 11 is 0. The summed E-state index contributed by atoms with van der Waals surface area (Å²) in [5.74, 6) is -0.108. The minimum Gasteiger partial charge on any atom is -0.314 e. The van der Waals surface area contributed by atoms with E-state index in [2.05, 4.69) is 0 Å². The molecule has 0 N–H and O–H groups in total. The molecule has 0 spiro atoms. The fourth-order valence-electron chi connectivity index (χ4n) is 3.27. The quantitative estimate of drug-likeness (QED) is 0.857. The van der Waals surface area contributed by atoms with Gasteiger partial charge in [0.05, 0.1) is 16.1 Å². The highest BCUT2D eigenvalue weighted by molar-refractivity contribution is 7.91. The number of aryl methyl sites for hydroxylation is 1. The highest BCUT2D eigenvalue weighted by Crippen LogP contribution is 2.43. The molecule has 0 fully saturated rings. The predicted molar refractivity (Wildman–Crippen MR) is 95.1 cm³/mol. The molecule has 0 radical (unpaired) electrons. The van der Waals surface area contributed by atoms with Crippen LogP contribution in [0.5, 0.6) is 0 Å². The summed E-state index contributed by atoms with van der Waals surface area (Å²) in [5.41, 5.74) is 1.97. The summed E-state index contributed by atoms with van der Waals surface area (Å²) in [7, 11) is -1.68. The van der Waals surface area contributed by atoms with Gasteiger partial charge >= 0.3 is 0 Å². The van der Waals surface area contributed by atoms with Crippen LogP contribution in [0.4, 0.5) is 5.69 Å². The van der Waals surface area contributed by atoms with Gasteiger partial charge in [-0.3, -0.25) is 4.79 Å². The van der Waals surface area contributed by atoms with Gasteiger partial charge in [0.15, 0.2) is 9.84 Å². The molecule has 1 aliphatic rings. The van der Waals surface area contributed by atoms with Gasteiger partial charge in [0.25, 0.3) is 0 Å². The smallest absolute Gasteiger partial charge is 0.237 e. The largest absolute Gasteiger partial charge is 0.314 e. The number of hydrogen-bond donors (Lipinski definition) is 0. The van der Waals surface area contributed by atoms with Crippen molar-refractivity contribution in [3.63, 3.8) is 0 Å². The van der Waals surface area contributed by atoms with Gasteiger partial charge in [0, 0.05) is 12.7 Å². The number of sulfone groups is 1. The van der Waals surface area contributed by atoms with E-state index in [4.69, 9.17) is 0 Å². The first-order chi connectivity index (χ1) is 11.3. The van der Waals surface area contributed by atoms with Crippen molar-refractivity contribution >= 4 is 21.4 Å². The molecule has 0 aromatic heterocycles. The van der Waals surface area contributed by atoms with Gasteiger partial charge < -0.3 is 4.90 Å². The van der Waals surface area contributed by atoms with Crippen LogP contribution in [0.25, 0.3) is 0 Å². The summed E-state index contributed by atoms with van der Waals surface area (Å²) in [6.45, 7) is 3.75. The Bertz CT molecular complexity index is 887. The Balaban J connectivity index is 1.88. The minimum atomic E-state index is -3.42. The second-order valence-corrected chi connectivity index (χ2v) is 8.70. The lowest BCUT2D eigenvalue weighted by Gasteiger charge is -2.23. The van der Waals surface area contributed by atoms with Crippen LogP contribution in [0.15, 0.2) is 53.4 Å². The molecule has 0 bridgehead atoms. The van der Waals surface area contributed by atoms with E-state index in [1.165, 1.54) is 0 Å². The first kappa shape index (κ1) is 16.7. The van der Waals surface area contributed by atoms with Crippen molar-refractivity contribution in [1.82, 2.24) is 0 Å². The topological polar surface area (TPSA) is 54.5 Å². The van der Waals surface area contributed by atoms with E-state index in [0.717, 1.165) is 16.8 Å². The number of likely N-dealkylation sites (N-methyl/N-ethyl adjacent to an activating group) is 1. The maximum atomic E-state index is 12.7. The minimum absolute atomic E-state index is 0.0530. The molecule has 126 valence electrons. The highest BCUT2D eigenvalue weighted by atomic mass is 32.2. The summed E-state index contributed by atoms with van der Waals surface area (Å²) in [4.78, 5) is 14.6. The van der Waals surface area contributed by atoms with Gasteiger partial charge in [-0.1, -0.05) is 35.9 Å². The fourth-order valence-corrected chi connectivity index (χ4v) is 4.73. The molecule has 24 heavy (non-hydrogen) atoms. The maximum Gasteiger partial charge on any atom is 0.237 e. The third-order valence-electron chi connectivity index (χ3n) is 4.89. The molecule has 0 saturated heterocycles. The molecule has 4 nitrogen and oxygen atoms in total. The van der Waals surface area contributed by atoms with Crippen molar-refractivity contribution in [3.8, 4) is 0 Å². The average molecular weight is 343 g/mol. The highest BCUT2D eigenvalue weighted by Gasteiger charge is 2.46. The maximum absolute atomic E-state index is 12.7. The summed E-state index contributed by atoms with van der Waals surface area (Å²) in [6, 6.07) is 14.4. The zero-order valence-electron chi connectivity index (χ0n) is 14.1. The number of rotatable bonds is 4. The van der Waals surface area contributed by atoms with Crippen LogP contribution in [0.1, 0.15) is 24.5 Å². The predicted octanol–water partition coefficient (Wildman–Crippen LogP) is 3.09. The van der Waals surface area contributed by atoms with Crippen LogP contribution in [-0.2, 0) is 20.0 Å². The normalized spacial score (nSPS) is 20.3. The van der Waals surface area contributed by atoms with Crippen molar-refractivity contribution in [2.75, 3.05) is 17.7 Å². The van der Waals surface area contributed by atoms with E-state index >= 15 is 0 Å². The molecule has 0 aliphatic carbocycles. The number of fused-ring (bicyclic) bond motifs is 1. The molecule has 2 aromatic carbocycles. The summed E-state index contributed by atoms with van der Waals surface area (Å²) in [6.07, 6.45) is 0.267. The van der Waals surface area contributed by atoms with E-state index in [-0.39, 0.29) is 18.1 Å². The van der Waals surface area contributed by atoms with Crippen LogP contribution >= 0.6 is 0 Å². The van der Waals surface area contributed by atoms with E-state index in [9.17, 15) is 13.2 Å². The second-order valence-electron chi connectivity index (χ2n) is 6.60. The van der Waals surface area contributed by atoms with Crippen LogP contribution < -0.4 is 4.90 Å². The molecule has 1 amide bonds. The molecule has 1 atom stereocenters. The Hall–Kier alpha value is -2.14. The Morgan fingerprint density at radius 1 is 1.04 bits per heavy atom. The van der Waals surface area contributed by atoms with Crippen LogP contribution in [0, 0.1) is 6.92 Å². The number of hydrogen-bond acceptors (Lipinski definition) is 3. The van der Waals surface area contributed by atoms with Crippen LogP contribution in [-0.4, -0.2) is 27.1 Å². The number of carbonyl (C=O) groups is 1. The third-order valence-corrected chi connectivity index (χ3v) is 6.62. The number of anilines is 1. The van der Waals surface area contributed by atoms with Crippen molar-refractivity contribution in [3.05, 3.63) is 59.7 Å². The Morgan fingerprint density at radius 3 is 2.33 bits per heavy atom. The molecule has 2 aromatic rings. The van der Waals surface area contributed by atoms with Crippen LogP contribution in [0.2, 0.25) is 0 Å². The zero-order valence-corrected chi connectivity index (χ0v) is 14.9. The zero-order chi connectivity index (χ0) is 17.5. The van der Waals surface area contributed by atoms with Gasteiger partial charge in [0.1, 0.15) is 0 Å². The number of amides is 1. The van der Waals surface area contributed by atoms with Gasteiger partial charge in [-0.25, -0.2) is 8.42 Å². The van der Waals surface area contributed by atoms with Crippen LogP contribution in [0.3, 0.4) is 0 Å². The lowest BCUT2D eigenvalue weighted by atomic mass is 9.81. The first-order valence-electron chi connectivity index (χ1n) is 7.93. The molecule has 1 heterocycles. The molecule has 1 unspecified atom stereocenters. The molecule has 0 saturated carbocycles. The molecule has 3 rings (SSSR count). The Morgan fingerprint density at radius 2 is 1.67 bits per heavy atom. The third kappa shape index (κ3) is 2.63. The number of para-hydroxylation sites is 1. The van der Waals surface area contributed by atoms with E-state index in [1.807, 2.05) is 38.1 Å². The average Bonchev–Trinajstić information content (AvgIpc) is 2.76. The summed E-state index contributed by atoms with van der Waals surface area (Å²) < 4.78 is 25.2. The van der Waals surface area contributed by atoms with Gasteiger partial charge in [-0.2, -0.15) is 0 Å². The van der Waals surface area contributed by atoms with Gasteiger partial charge in [-0.15, -0.1) is 0 Å². The van der Waals surface area contributed by atoms with Crippen molar-refractivity contribution in [2.24, 2.45) is 0 Å². The number of benzene rings is 2. The van der Waals surface area contributed by atoms with Crippen molar-refractivity contribution < 1.29 is 13.2 Å². The lowest BCUT2D eigenvalue weighted by Crippen LogP contribution is -2.37. The SMILES string of the molecule is Cc1ccc(S(=O)(=O)CCC2(C)C(=O)N(C)c3ccccc32)cc1. The molecular formula is C19H21NO3S. The lowest BCUT2D eigenvalue weighted by molar-refractivity contribution is -0.122. The number of nitrogens with zero attached hydrogens (tertiary/aromatic N) is 1. The molecule has 1 aliphatic heterocycles. The van der Waals surface area contributed by atoms with E-state index in [1.54, 1.807) is 36.2 Å². The molecule has 5 heteroatoms. The summed E-state index contributed by atoms with van der Waals surface area (Å²) in [5, 5.41) is 0. The Kier molecular flexibility index (Phi) is 4.00. The van der Waals surface area contributed by atoms with Crippen molar-refractivity contribution in [1.29, 1.82) is 0 Å². The van der Waals surface area contributed by atoms with Gasteiger partial charge in [-0.05, 0) is 44.0 Å². The first-order valence-corrected chi connectivity index (χ1v) is 9.58. The van der Waals surface area contributed by atoms with Gasteiger partial charge in [0.2, 0.25) is 5.91 Å². The monoisotopic (exact) mass is 343 g/mol. The fraction of sp³-hybridized carbons (Fsp3) is 0.316. The van der Waals surface area contributed by atoms with Crippen molar-refractivity contribution in [2.45, 2.75) is 30.6 Å². The van der Waals surface area contributed by atoms with E-state index < -0.39 is 15.3 Å². The Labute approximate surface area is 143 Å². The molecular weight excluding hydrogens is 322 g/mol. The second kappa shape index (κ2) is 5.74. The number of carbonyl (C=O) groups excluding carboxylic acids is 1. The van der Waals surface area contributed by atoms with E-state index in [0.29, 0.717) is 4.90 Å². The standard InChI is InChI=1S/C19H21NO3S/c1-14-8-10-15(11-9-14)24(22,23)13-12-19(2)16-6-4-5-7-17(16)20(3)18(19)21/h4-11H,12-13H2,1-3H3.